The number of hydrogen-bond acceptors (Lipinski definition) is 2. The topological polar surface area (TPSA) is 27.3 Å². The molecule has 3 rings (SSSR count). The molecule has 4 nitrogen and oxygen atoms in total. The molecule has 0 aliphatic rings. The van der Waals surface area contributed by atoms with Crippen molar-refractivity contribution in [2.45, 2.75) is 0 Å². The Kier molecular flexibility index (Phi) is 6.27. The van der Waals surface area contributed by atoms with E-state index in [0.717, 1.165) is 22.9 Å². The van der Waals surface area contributed by atoms with Crippen LogP contribution in [0.5, 0.6) is 11.5 Å². The fourth-order valence-corrected chi connectivity index (χ4v) is 2.33. The first kappa shape index (κ1) is 19.4. The van der Waals surface area contributed by atoms with Crippen molar-refractivity contribution in [3.8, 4) is 22.9 Å². The Bertz CT molecular complexity index is 785. The Hall–Kier alpha value is -2.97. The summed E-state index contributed by atoms with van der Waals surface area (Å²) >= 11 is 0. The minimum atomic E-state index is -6.00. The van der Waals surface area contributed by atoms with E-state index in [4.69, 9.17) is 9.47 Å². The van der Waals surface area contributed by atoms with Crippen LogP contribution in [-0.4, -0.2) is 26.0 Å². The lowest BCUT2D eigenvalue weighted by Crippen LogP contribution is -2.28. The van der Waals surface area contributed by atoms with Crippen molar-refractivity contribution < 1.29 is 31.3 Å². The van der Waals surface area contributed by atoms with Gasteiger partial charge in [-0.3, -0.25) is 0 Å². The zero-order chi connectivity index (χ0) is 19.2. The van der Waals surface area contributed by atoms with Gasteiger partial charge in [0.05, 0.1) is 14.2 Å². The lowest BCUT2D eigenvalue weighted by atomic mass is 10.3. The van der Waals surface area contributed by atoms with Gasteiger partial charge in [-0.1, -0.05) is 24.3 Å². The van der Waals surface area contributed by atoms with Gasteiger partial charge in [-0.25, -0.2) is 0 Å². The van der Waals surface area contributed by atoms with Crippen molar-refractivity contribution in [2.75, 3.05) is 14.2 Å². The lowest BCUT2D eigenvalue weighted by molar-refractivity contribution is -0.595. The minimum absolute atomic E-state index is 0.834. The van der Waals surface area contributed by atoms with Crippen LogP contribution < -0.4 is 14.0 Å². The summed E-state index contributed by atoms with van der Waals surface area (Å²) in [5.41, 5.74) is 1.99. The van der Waals surface area contributed by atoms with E-state index in [1.165, 1.54) is 0 Å². The van der Waals surface area contributed by atoms with E-state index in [1.54, 1.807) is 14.2 Å². The van der Waals surface area contributed by atoms with Gasteiger partial charge >= 0.3 is 7.25 Å². The zero-order valence-corrected chi connectivity index (χ0v) is 14.2. The molecule has 0 bridgehead atoms. The highest BCUT2D eigenvalue weighted by atomic mass is 19.5. The van der Waals surface area contributed by atoms with E-state index in [1.807, 2.05) is 76.4 Å². The van der Waals surface area contributed by atoms with Gasteiger partial charge in [0.25, 0.3) is 6.33 Å². The molecule has 2 aromatic carbocycles. The van der Waals surface area contributed by atoms with Crippen molar-refractivity contribution in [2.24, 2.45) is 0 Å². The maximum absolute atomic E-state index is 9.75. The quantitative estimate of drug-likeness (QED) is 0.395. The summed E-state index contributed by atoms with van der Waals surface area (Å²) in [6.45, 7) is 0. The molecule has 3 aromatic rings. The number of ether oxygens (including phenoxy) is 2. The van der Waals surface area contributed by atoms with E-state index in [-0.39, 0.29) is 0 Å². The second-order valence-corrected chi connectivity index (χ2v) is 5.07. The van der Waals surface area contributed by atoms with Crippen LogP contribution in [0, 0.1) is 0 Å². The predicted molar refractivity (Wildman–Crippen MR) is 90.6 cm³/mol. The normalized spacial score (nSPS) is 10.7. The van der Waals surface area contributed by atoms with Gasteiger partial charge in [0.15, 0.2) is 22.9 Å². The van der Waals surface area contributed by atoms with E-state index in [0.29, 0.717) is 0 Å². The van der Waals surface area contributed by atoms with Crippen LogP contribution in [0.1, 0.15) is 0 Å². The van der Waals surface area contributed by atoms with Crippen molar-refractivity contribution in [3.63, 3.8) is 0 Å². The third-order valence-electron chi connectivity index (χ3n) is 3.36. The van der Waals surface area contributed by atoms with E-state index >= 15 is 0 Å². The molecular weight excluding hydrogens is 351 g/mol. The average molecular weight is 368 g/mol. The maximum Gasteiger partial charge on any atom is 0.673 e. The fraction of sp³-hybridized carbons (Fsp3) is 0.118. The molecule has 26 heavy (non-hydrogen) atoms. The number of imidazole rings is 1. The van der Waals surface area contributed by atoms with Crippen LogP contribution in [0.4, 0.5) is 17.3 Å². The van der Waals surface area contributed by atoms with Crippen LogP contribution in [-0.2, 0) is 0 Å². The van der Waals surface area contributed by atoms with Crippen molar-refractivity contribution >= 4 is 7.25 Å². The molecule has 0 unspecified atom stereocenters. The molecule has 0 saturated carbocycles. The molecular formula is C17H17BF4N2O2. The van der Waals surface area contributed by atoms with Gasteiger partial charge in [0.2, 0.25) is 0 Å². The van der Waals surface area contributed by atoms with Gasteiger partial charge in [0.1, 0.15) is 12.4 Å². The highest BCUT2D eigenvalue weighted by Gasteiger charge is 2.20. The van der Waals surface area contributed by atoms with Crippen molar-refractivity contribution in [1.82, 2.24) is 4.57 Å². The highest BCUT2D eigenvalue weighted by Crippen LogP contribution is 2.22. The molecule has 1 aromatic heterocycles. The first-order valence-electron chi connectivity index (χ1n) is 7.57. The Morgan fingerprint density at radius 2 is 1.38 bits per heavy atom. The first-order chi connectivity index (χ1) is 12.3. The van der Waals surface area contributed by atoms with Gasteiger partial charge in [-0.15, -0.1) is 0 Å². The molecule has 1 heterocycles. The van der Waals surface area contributed by atoms with Gasteiger partial charge < -0.3 is 26.7 Å². The lowest BCUT2D eigenvalue weighted by Gasteiger charge is -2.04. The van der Waals surface area contributed by atoms with E-state index in [2.05, 4.69) is 0 Å². The number of benzene rings is 2. The van der Waals surface area contributed by atoms with E-state index in [9.17, 15) is 17.3 Å². The second kappa shape index (κ2) is 8.42. The molecule has 0 amide bonds. The Morgan fingerprint density at radius 1 is 0.846 bits per heavy atom. The maximum atomic E-state index is 9.75. The van der Waals surface area contributed by atoms with Crippen LogP contribution in [0.15, 0.2) is 67.3 Å². The number of nitrogens with zero attached hydrogens (tertiary/aromatic N) is 2. The Morgan fingerprint density at radius 3 is 2.00 bits per heavy atom. The SMILES string of the molecule is COc1ccccc1-n1cc[n+](-c2ccccc2OC)c1.F[B-](F)(F)F. The van der Waals surface area contributed by atoms with Crippen LogP contribution in [0.25, 0.3) is 11.4 Å². The Labute approximate surface area is 148 Å². The smallest absolute Gasteiger partial charge is 0.492 e. The van der Waals surface area contributed by atoms with Crippen molar-refractivity contribution in [3.05, 3.63) is 67.3 Å². The molecule has 138 valence electrons. The van der Waals surface area contributed by atoms with Crippen molar-refractivity contribution in [1.29, 1.82) is 0 Å². The third-order valence-corrected chi connectivity index (χ3v) is 3.36. The molecule has 0 N–H and O–H groups in total. The van der Waals surface area contributed by atoms with Gasteiger partial charge in [0, 0.05) is 0 Å². The Balaban J connectivity index is 0.000000431. The minimum Gasteiger partial charge on any atom is -0.492 e. The summed E-state index contributed by atoms with van der Waals surface area (Å²) < 4.78 is 53.8. The number of halogens is 4. The monoisotopic (exact) mass is 368 g/mol. The zero-order valence-electron chi connectivity index (χ0n) is 14.2. The fourth-order valence-electron chi connectivity index (χ4n) is 2.33. The summed E-state index contributed by atoms with van der Waals surface area (Å²) in [7, 11) is -2.65. The van der Waals surface area contributed by atoms with Crippen LogP contribution in [0.3, 0.4) is 0 Å². The average Bonchev–Trinajstić information content (AvgIpc) is 3.10. The molecule has 0 aliphatic carbocycles. The summed E-state index contributed by atoms with van der Waals surface area (Å²) in [6, 6.07) is 15.8. The number of aromatic nitrogens is 2. The summed E-state index contributed by atoms with van der Waals surface area (Å²) in [5.74, 6) is 1.67. The third kappa shape index (κ3) is 5.27. The highest BCUT2D eigenvalue weighted by molar-refractivity contribution is 6.50. The molecule has 0 atom stereocenters. The first-order valence-corrected chi connectivity index (χ1v) is 7.57. The molecule has 0 fully saturated rings. The molecule has 9 heteroatoms. The number of rotatable bonds is 4. The number of para-hydroxylation sites is 4. The largest absolute Gasteiger partial charge is 0.673 e. The van der Waals surface area contributed by atoms with E-state index < -0.39 is 7.25 Å². The standard InChI is InChI=1S/C17H17N2O2.BF4/c1-20-16-9-5-3-7-14(16)18-11-12-19(13-18)15-8-4-6-10-17(15)21-2;2-1(3,4)5/h3-13H,1-2H3;/q+1;-1. The molecule has 0 spiro atoms. The summed E-state index contributed by atoms with van der Waals surface area (Å²) in [6.07, 6.45) is 5.98. The molecule has 0 radical (unpaired) electrons. The molecule has 0 aliphatic heterocycles. The van der Waals surface area contributed by atoms with Crippen LogP contribution >= 0.6 is 0 Å². The van der Waals surface area contributed by atoms with Gasteiger partial charge in [-0.05, 0) is 24.3 Å². The number of methoxy groups -OCH3 is 2. The number of hydrogen-bond donors (Lipinski definition) is 0. The summed E-state index contributed by atoms with van der Waals surface area (Å²) in [5, 5.41) is 0. The second-order valence-electron chi connectivity index (χ2n) is 5.07. The van der Waals surface area contributed by atoms with Crippen LogP contribution in [0.2, 0.25) is 0 Å². The van der Waals surface area contributed by atoms with Gasteiger partial charge in [-0.2, -0.15) is 9.13 Å². The predicted octanol–water partition coefficient (Wildman–Crippen LogP) is 4.07. The molecule has 0 saturated heterocycles. The summed E-state index contributed by atoms with van der Waals surface area (Å²) in [4.78, 5) is 0.